The van der Waals surface area contributed by atoms with E-state index in [4.69, 9.17) is 0 Å². The van der Waals surface area contributed by atoms with Gasteiger partial charge in [-0.3, -0.25) is 4.68 Å². The van der Waals surface area contributed by atoms with Crippen molar-refractivity contribution in [3.05, 3.63) is 35.8 Å². The van der Waals surface area contributed by atoms with Gasteiger partial charge in [0, 0.05) is 50.8 Å². The molecule has 1 N–H and O–H groups in total. The number of hydrogen-bond donors (Lipinski definition) is 1. The maximum absolute atomic E-state index is 4.37. The Morgan fingerprint density at radius 2 is 1.96 bits per heavy atom. The van der Waals surface area contributed by atoms with Gasteiger partial charge in [-0.05, 0) is 18.2 Å². The molecule has 0 bridgehead atoms. The van der Waals surface area contributed by atoms with Crippen LogP contribution in [0.25, 0.3) is 0 Å². The highest BCUT2D eigenvalue weighted by Gasteiger charge is 2.28. The Morgan fingerprint density at radius 1 is 1.17 bits per heavy atom. The molecule has 3 heterocycles. The molecule has 6 nitrogen and oxygen atoms in total. The first-order valence-electron chi connectivity index (χ1n) is 8.20. The lowest BCUT2D eigenvalue weighted by atomic mass is 9.92. The van der Waals surface area contributed by atoms with Crippen LogP contribution in [0.1, 0.15) is 32.2 Å². The molecule has 3 rings (SSSR count). The van der Waals surface area contributed by atoms with Gasteiger partial charge < -0.3 is 10.2 Å². The lowest BCUT2D eigenvalue weighted by Gasteiger charge is -2.40. The summed E-state index contributed by atoms with van der Waals surface area (Å²) in [5.41, 5.74) is 2.18. The van der Waals surface area contributed by atoms with Gasteiger partial charge in [0.1, 0.15) is 0 Å². The van der Waals surface area contributed by atoms with Crippen LogP contribution >= 0.6 is 0 Å². The van der Waals surface area contributed by atoms with E-state index in [0.29, 0.717) is 5.92 Å². The van der Waals surface area contributed by atoms with E-state index in [1.165, 1.54) is 0 Å². The minimum atomic E-state index is 0.0540. The molecular weight excluding hydrogens is 288 g/mol. The molecule has 23 heavy (non-hydrogen) atoms. The van der Waals surface area contributed by atoms with Crippen molar-refractivity contribution >= 4 is 5.82 Å². The second kappa shape index (κ2) is 6.28. The molecule has 1 fully saturated rings. The van der Waals surface area contributed by atoms with E-state index < -0.39 is 0 Å². The number of nitrogens with zero attached hydrogens (tertiary/aromatic N) is 5. The summed E-state index contributed by atoms with van der Waals surface area (Å²) in [6, 6.07) is 6.23. The highest BCUT2D eigenvalue weighted by molar-refractivity contribution is 5.41. The highest BCUT2D eigenvalue weighted by atomic mass is 15.3. The zero-order valence-corrected chi connectivity index (χ0v) is 14.5. The quantitative estimate of drug-likeness (QED) is 0.911. The summed E-state index contributed by atoms with van der Waals surface area (Å²) in [6.45, 7) is 10.4. The van der Waals surface area contributed by atoms with E-state index in [-0.39, 0.29) is 5.41 Å². The minimum Gasteiger partial charge on any atom is -0.354 e. The fraction of sp³-hybridized carbons (Fsp3) is 0.588. The maximum atomic E-state index is 4.37. The first-order valence-corrected chi connectivity index (χ1v) is 8.20. The lowest BCUT2D eigenvalue weighted by Crippen LogP contribution is -2.51. The van der Waals surface area contributed by atoms with Gasteiger partial charge in [0.15, 0.2) is 5.82 Å². The molecule has 0 atom stereocenters. The number of rotatable bonds is 5. The summed E-state index contributed by atoms with van der Waals surface area (Å²) >= 11 is 0. The average molecular weight is 314 g/mol. The van der Waals surface area contributed by atoms with Crippen LogP contribution in [0, 0.1) is 5.92 Å². The molecule has 2 aromatic rings. The van der Waals surface area contributed by atoms with Crippen LogP contribution in [0.2, 0.25) is 0 Å². The second-order valence-corrected chi connectivity index (χ2v) is 7.41. The van der Waals surface area contributed by atoms with Gasteiger partial charge in [-0.2, -0.15) is 10.2 Å². The van der Waals surface area contributed by atoms with Crippen molar-refractivity contribution in [3.8, 4) is 0 Å². The predicted molar refractivity (Wildman–Crippen MR) is 91.3 cm³/mol. The van der Waals surface area contributed by atoms with E-state index in [2.05, 4.69) is 58.4 Å². The molecular formula is C17H26N6. The van der Waals surface area contributed by atoms with Crippen LogP contribution in [-0.2, 0) is 19.0 Å². The zero-order valence-electron chi connectivity index (χ0n) is 14.5. The number of aromatic nitrogens is 4. The Balaban J connectivity index is 1.42. The normalized spacial score (nSPS) is 15.7. The molecule has 0 aliphatic carbocycles. The van der Waals surface area contributed by atoms with E-state index in [1.807, 2.05) is 24.0 Å². The lowest BCUT2D eigenvalue weighted by molar-refractivity contribution is 0.380. The standard InChI is InChI=1S/C17H26N6/c1-17(2,3)15-5-6-16(20-19-15)23-11-13(12-23)9-18-10-14-7-8-22(4)21-14/h5-8,13,18H,9-12H2,1-4H3. The van der Waals surface area contributed by atoms with Crippen molar-refractivity contribution in [2.24, 2.45) is 13.0 Å². The molecule has 0 aromatic carbocycles. The van der Waals surface area contributed by atoms with E-state index in [9.17, 15) is 0 Å². The number of hydrogen-bond acceptors (Lipinski definition) is 5. The third-order valence-corrected chi connectivity index (χ3v) is 4.21. The van der Waals surface area contributed by atoms with E-state index in [1.54, 1.807) is 0 Å². The van der Waals surface area contributed by atoms with Crippen molar-refractivity contribution in [1.82, 2.24) is 25.3 Å². The maximum Gasteiger partial charge on any atom is 0.151 e. The molecule has 0 unspecified atom stereocenters. The third-order valence-electron chi connectivity index (χ3n) is 4.21. The van der Waals surface area contributed by atoms with Crippen LogP contribution < -0.4 is 10.2 Å². The van der Waals surface area contributed by atoms with Crippen LogP contribution in [-0.4, -0.2) is 39.6 Å². The molecule has 124 valence electrons. The fourth-order valence-electron chi connectivity index (χ4n) is 2.74. The first kappa shape index (κ1) is 15.9. The van der Waals surface area contributed by atoms with Crippen molar-refractivity contribution in [1.29, 1.82) is 0 Å². The highest BCUT2D eigenvalue weighted by Crippen LogP contribution is 2.24. The van der Waals surface area contributed by atoms with Gasteiger partial charge >= 0.3 is 0 Å². The Labute approximate surface area is 137 Å². The summed E-state index contributed by atoms with van der Waals surface area (Å²) in [5.74, 6) is 1.65. The molecule has 2 aromatic heterocycles. The second-order valence-electron chi connectivity index (χ2n) is 7.41. The van der Waals surface area contributed by atoms with Crippen molar-refractivity contribution in [3.63, 3.8) is 0 Å². The van der Waals surface area contributed by atoms with Gasteiger partial charge in [-0.15, -0.1) is 5.10 Å². The van der Waals surface area contributed by atoms with Gasteiger partial charge in [0.05, 0.1) is 11.4 Å². The zero-order chi connectivity index (χ0) is 16.4. The largest absolute Gasteiger partial charge is 0.354 e. The van der Waals surface area contributed by atoms with Gasteiger partial charge in [-0.25, -0.2) is 0 Å². The van der Waals surface area contributed by atoms with Gasteiger partial charge in [0.2, 0.25) is 0 Å². The molecule has 0 saturated carbocycles. The summed E-state index contributed by atoms with van der Waals surface area (Å²) in [5, 5.41) is 16.6. The molecule has 0 amide bonds. The fourth-order valence-corrected chi connectivity index (χ4v) is 2.74. The number of anilines is 1. The van der Waals surface area contributed by atoms with Crippen LogP contribution in [0.15, 0.2) is 24.4 Å². The van der Waals surface area contributed by atoms with Gasteiger partial charge in [-0.1, -0.05) is 20.8 Å². The van der Waals surface area contributed by atoms with E-state index in [0.717, 1.165) is 43.4 Å². The van der Waals surface area contributed by atoms with Crippen LogP contribution in [0.4, 0.5) is 5.82 Å². The van der Waals surface area contributed by atoms with Gasteiger partial charge in [0.25, 0.3) is 0 Å². The van der Waals surface area contributed by atoms with Crippen molar-refractivity contribution in [2.75, 3.05) is 24.5 Å². The Kier molecular flexibility index (Phi) is 4.35. The predicted octanol–water partition coefficient (Wildman–Crippen LogP) is 1.73. The van der Waals surface area contributed by atoms with Crippen LogP contribution in [0.5, 0.6) is 0 Å². The average Bonchev–Trinajstić information content (AvgIpc) is 2.86. The summed E-state index contributed by atoms with van der Waals surface area (Å²) in [7, 11) is 1.94. The molecule has 1 saturated heterocycles. The minimum absolute atomic E-state index is 0.0540. The van der Waals surface area contributed by atoms with E-state index >= 15 is 0 Å². The SMILES string of the molecule is Cn1ccc(CNCC2CN(c3ccc(C(C)(C)C)nn3)C2)n1. The van der Waals surface area contributed by atoms with Crippen LogP contribution in [0.3, 0.4) is 0 Å². The Bertz CT molecular complexity index is 634. The van der Waals surface area contributed by atoms with Crippen molar-refractivity contribution in [2.45, 2.75) is 32.7 Å². The number of aryl methyl sites for hydroxylation is 1. The molecule has 1 aliphatic heterocycles. The molecule has 0 radical (unpaired) electrons. The summed E-state index contributed by atoms with van der Waals surface area (Å²) in [4.78, 5) is 2.28. The Morgan fingerprint density at radius 3 is 2.52 bits per heavy atom. The monoisotopic (exact) mass is 314 g/mol. The van der Waals surface area contributed by atoms with Crippen molar-refractivity contribution < 1.29 is 0 Å². The molecule has 0 spiro atoms. The Hall–Kier alpha value is -1.95. The third kappa shape index (κ3) is 3.88. The first-order chi connectivity index (χ1) is 10.9. The summed E-state index contributed by atoms with van der Waals surface area (Å²) < 4.78 is 1.84. The molecule has 6 heteroatoms. The molecule has 1 aliphatic rings. The number of nitrogens with one attached hydrogen (secondary N) is 1. The summed E-state index contributed by atoms with van der Waals surface area (Å²) in [6.07, 6.45) is 1.97. The topological polar surface area (TPSA) is 58.9 Å². The smallest absolute Gasteiger partial charge is 0.151 e.